The van der Waals surface area contributed by atoms with Crippen molar-refractivity contribution in [3.05, 3.63) is 53.6 Å². The van der Waals surface area contributed by atoms with Gasteiger partial charge >= 0.3 is 0 Å². The van der Waals surface area contributed by atoms with Crippen LogP contribution in [0.15, 0.2) is 47.4 Å². The predicted octanol–water partition coefficient (Wildman–Crippen LogP) is 2.21. The first-order valence-corrected chi connectivity index (χ1v) is 10.5. The lowest BCUT2D eigenvalue weighted by Crippen LogP contribution is -2.35. The lowest BCUT2D eigenvalue weighted by molar-refractivity contribution is 0.0985. The molecule has 1 N–H and O–H groups in total. The van der Waals surface area contributed by atoms with Crippen molar-refractivity contribution in [3.63, 3.8) is 0 Å². The van der Waals surface area contributed by atoms with Crippen LogP contribution < -0.4 is 14.4 Å². The molecule has 28 heavy (non-hydrogen) atoms. The van der Waals surface area contributed by atoms with Gasteiger partial charge in [0.1, 0.15) is 5.75 Å². The Morgan fingerprint density at radius 1 is 1.14 bits per heavy atom. The highest BCUT2D eigenvalue weighted by molar-refractivity contribution is 7.89. The summed E-state index contributed by atoms with van der Waals surface area (Å²) in [5, 5.41) is 0. The molecular weight excluding hydrogens is 380 g/mol. The standard InChI is InChI=1S/C20H24N2O5S/c1-26-13-11-21-28(24,25)18-8-5-15(6-9-18)20(23)22-12-3-4-16-14-17(27-2)7-10-19(16)22/h5-10,14,21H,3-4,11-13H2,1-2H3. The fourth-order valence-electron chi connectivity index (χ4n) is 3.21. The maximum Gasteiger partial charge on any atom is 0.258 e. The first-order chi connectivity index (χ1) is 13.5. The third-order valence-electron chi connectivity index (χ3n) is 4.66. The van der Waals surface area contributed by atoms with Crippen LogP contribution in [0.4, 0.5) is 5.69 Å². The van der Waals surface area contributed by atoms with Gasteiger partial charge in [0.25, 0.3) is 5.91 Å². The van der Waals surface area contributed by atoms with Gasteiger partial charge in [-0.1, -0.05) is 0 Å². The average molecular weight is 404 g/mol. The van der Waals surface area contributed by atoms with Crippen LogP contribution in [-0.4, -0.2) is 48.2 Å². The zero-order valence-corrected chi connectivity index (χ0v) is 16.8. The van der Waals surface area contributed by atoms with Gasteiger partial charge in [-0.05, 0) is 60.9 Å². The molecule has 8 heteroatoms. The lowest BCUT2D eigenvalue weighted by Gasteiger charge is -2.30. The summed E-state index contributed by atoms with van der Waals surface area (Å²) >= 11 is 0. The number of carbonyl (C=O) groups is 1. The summed E-state index contributed by atoms with van der Waals surface area (Å²) in [6, 6.07) is 11.7. The zero-order chi connectivity index (χ0) is 20.1. The molecule has 1 aliphatic rings. The number of benzene rings is 2. The van der Waals surface area contributed by atoms with E-state index in [1.165, 1.54) is 19.2 Å². The van der Waals surface area contributed by atoms with Gasteiger partial charge in [-0.25, -0.2) is 13.1 Å². The molecule has 0 fully saturated rings. The summed E-state index contributed by atoms with van der Waals surface area (Å²) in [4.78, 5) is 14.9. The molecule has 3 rings (SSSR count). The number of carbonyl (C=O) groups excluding carboxylic acids is 1. The molecule has 7 nitrogen and oxygen atoms in total. The molecule has 0 atom stereocenters. The van der Waals surface area contributed by atoms with E-state index < -0.39 is 10.0 Å². The summed E-state index contributed by atoms with van der Waals surface area (Å²) in [5.74, 6) is 0.617. The topological polar surface area (TPSA) is 84.9 Å². The van der Waals surface area contributed by atoms with Gasteiger partial charge in [-0.2, -0.15) is 0 Å². The van der Waals surface area contributed by atoms with E-state index in [9.17, 15) is 13.2 Å². The first-order valence-electron chi connectivity index (χ1n) is 9.03. The summed E-state index contributed by atoms with van der Waals surface area (Å²) in [6.45, 7) is 1.10. The van der Waals surface area contributed by atoms with Crippen LogP contribution in [0.2, 0.25) is 0 Å². The Hall–Kier alpha value is -2.42. The maximum absolute atomic E-state index is 13.0. The van der Waals surface area contributed by atoms with Gasteiger partial charge in [0.2, 0.25) is 10.0 Å². The van der Waals surface area contributed by atoms with E-state index in [-0.39, 0.29) is 24.0 Å². The van der Waals surface area contributed by atoms with E-state index in [2.05, 4.69) is 4.72 Å². The molecule has 0 unspecified atom stereocenters. The number of methoxy groups -OCH3 is 2. The first kappa shape index (κ1) is 20.3. The number of amides is 1. The van der Waals surface area contributed by atoms with Crippen molar-refractivity contribution < 1.29 is 22.7 Å². The molecule has 0 spiro atoms. The van der Waals surface area contributed by atoms with Crippen LogP contribution in [0.25, 0.3) is 0 Å². The van der Waals surface area contributed by atoms with E-state index in [4.69, 9.17) is 9.47 Å². The van der Waals surface area contributed by atoms with Crippen LogP contribution in [0.3, 0.4) is 0 Å². The van der Waals surface area contributed by atoms with Crippen molar-refractivity contribution >= 4 is 21.6 Å². The maximum atomic E-state index is 13.0. The summed E-state index contributed by atoms with van der Waals surface area (Å²) < 4.78 is 37.0. The molecule has 0 saturated carbocycles. The number of aryl methyl sites for hydroxylation is 1. The van der Waals surface area contributed by atoms with Crippen LogP contribution in [-0.2, 0) is 21.2 Å². The Labute approximate surface area is 165 Å². The van der Waals surface area contributed by atoms with Crippen LogP contribution in [0.5, 0.6) is 5.75 Å². The third kappa shape index (κ3) is 4.35. The van der Waals surface area contributed by atoms with Crippen LogP contribution in [0.1, 0.15) is 22.3 Å². The summed E-state index contributed by atoms with van der Waals surface area (Å²) in [6.07, 6.45) is 1.75. The molecule has 1 heterocycles. The second-order valence-electron chi connectivity index (χ2n) is 6.47. The number of fused-ring (bicyclic) bond motifs is 1. The molecule has 2 aromatic rings. The Morgan fingerprint density at radius 3 is 2.57 bits per heavy atom. The highest BCUT2D eigenvalue weighted by Crippen LogP contribution is 2.31. The Balaban J connectivity index is 1.79. The van der Waals surface area contributed by atoms with Gasteiger partial charge < -0.3 is 14.4 Å². The van der Waals surface area contributed by atoms with Crippen molar-refractivity contribution in [3.8, 4) is 5.75 Å². The van der Waals surface area contributed by atoms with Gasteiger partial charge in [0.15, 0.2) is 0 Å². The number of nitrogens with one attached hydrogen (secondary N) is 1. The highest BCUT2D eigenvalue weighted by Gasteiger charge is 2.24. The van der Waals surface area contributed by atoms with Crippen molar-refractivity contribution in [1.29, 1.82) is 0 Å². The smallest absolute Gasteiger partial charge is 0.258 e. The highest BCUT2D eigenvalue weighted by atomic mass is 32.2. The molecular formula is C20H24N2O5S. The number of anilines is 1. The number of nitrogens with zero attached hydrogens (tertiary/aromatic N) is 1. The minimum Gasteiger partial charge on any atom is -0.497 e. The summed E-state index contributed by atoms with van der Waals surface area (Å²) in [5.41, 5.74) is 2.38. The van der Waals surface area contributed by atoms with Crippen molar-refractivity contribution in [1.82, 2.24) is 4.72 Å². The summed E-state index contributed by atoms with van der Waals surface area (Å²) in [7, 11) is -0.503. The molecule has 0 aliphatic carbocycles. The lowest BCUT2D eigenvalue weighted by atomic mass is 10.0. The Morgan fingerprint density at radius 2 is 1.89 bits per heavy atom. The number of sulfonamides is 1. The van der Waals surface area contributed by atoms with Gasteiger partial charge in [0.05, 0.1) is 18.6 Å². The number of hydrogen-bond acceptors (Lipinski definition) is 5. The number of ether oxygens (including phenoxy) is 2. The zero-order valence-electron chi connectivity index (χ0n) is 16.0. The Bertz CT molecular complexity index is 942. The molecule has 150 valence electrons. The van der Waals surface area contributed by atoms with Gasteiger partial charge in [-0.3, -0.25) is 4.79 Å². The molecule has 2 aromatic carbocycles. The largest absolute Gasteiger partial charge is 0.497 e. The molecule has 1 aliphatic heterocycles. The quantitative estimate of drug-likeness (QED) is 0.716. The van der Waals surface area contributed by atoms with E-state index >= 15 is 0 Å². The van der Waals surface area contributed by atoms with Crippen molar-refractivity contribution in [2.45, 2.75) is 17.7 Å². The van der Waals surface area contributed by atoms with Crippen molar-refractivity contribution in [2.75, 3.05) is 38.8 Å². The second-order valence-corrected chi connectivity index (χ2v) is 8.24. The SMILES string of the molecule is COCCNS(=O)(=O)c1ccc(C(=O)N2CCCc3cc(OC)ccc32)cc1. The van der Waals surface area contributed by atoms with E-state index in [1.54, 1.807) is 24.1 Å². The van der Waals surface area contributed by atoms with Crippen LogP contribution >= 0.6 is 0 Å². The Kier molecular flexibility index (Phi) is 6.33. The normalized spacial score (nSPS) is 13.9. The molecule has 0 saturated heterocycles. The molecule has 0 radical (unpaired) electrons. The second kappa shape index (κ2) is 8.72. The van der Waals surface area contributed by atoms with Crippen LogP contribution in [0, 0.1) is 0 Å². The number of rotatable bonds is 7. The minimum absolute atomic E-state index is 0.115. The average Bonchev–Trinajstić information content (AvgIpc) is 2.72. The fourth-order valence-corrected chi connectivity index (χ4v) is 4.22. The molecule has 0 aromatic heterocycles. The fraction of sp³-hybridized carbons (Fsp3) is 0.350. The van der Waals surface area contributed by atoms with E-state index in [1.807, 2.05) is 18.2 Å². The van der Waals surface area contributed by atoms with Gasteiger partial charge in [0, 0.05) is 31.5 Å². The minimum atomic E-state index is -3.62. The van der Waals surface area contributed by atoms with E-state index in [0.29, 0.717) is 12.1 Å². The molecule has 1 amide bonds. The predicted molar refractivity (Wildman–Crippen MR) is 106 cm³/mol. The van der Waals surface area contributed by atoms with Gasteiger partial charge in [-0.15, -0.1) is 0 Å². The number of hydrogen-bond donors (Lipinski definition) is 1. The van der Waals surface area contributed by atoms with Crippen molar-refractivity contribution in [2.24, 2.45) is 0 Å². The third-order valence-corrected chi connectivity index (χ3v) is 6.14. The molecule has 0 bridgehead atoms. The monoisotopic (exact) mass is 404 g/mol. The van der Waals surface area contributed by atoms with E-state index in [0.717, 1.165) is 29.8 Å².